The summed E-state index contributed by atoms with van der Waals surface area (Å²) in [6.45, 7) is 0.285. The minimum absolute atomic E-state index is 0.00250. The maximum atomic E-state index is 10.8. The van der Waals surface area contributed by atoms with E-state index >= 15 is 0 Å². The number of benzene rings is 6. The number of halogens is 7. The van der Waals surface area contributed by atoms with Crippen LogP contribution >= 0.6 is 81.2 Å². The molecule has 0 atom stereocenters. The van der Waals surface area contributed by atoms with Crippen LogP contribution in [-0.2, 0) is 19.1 Å². The lowest BCUT2D eigenvalue weighted by molar-refractivity contribution is -0.394. The van der Waals surface area contributed by atoms with Crippen LogP contribution in [0.3, 0.4) is 0 Å². The zero-order valence-electron chi connectivity index (χ0n) is 31.6. The molecule has 0 saturated heterocycles. The molecular weight excluding hydrogens is 977 g/mol. The largest absolute Gasteiger partial charge is 0.508 e. The van der Waals surface area contributed by atoms with Gasteiger partial charge in [0.1, 0.15) is 30.5 Å². The number of nitrogen functional groups attached to an aromatic ring is 2. The Balaban J connectivity index is 0.000000233. The van der Waals surface area contributed by atoms with Gasteiger partial charge >= 0.3 is 0 Å². The summed E-state index contributed by atoms with van der Waals surface area (Å²) < 4.78 is 11.0. The van der Waals surface area contributed by atoms with Crippen molar-refractivity contribution in [1.29, 1.82) is 0 Å². The number of anilines is 2. The first-order valence-corrected chi connectivity index (χ1v) is 19.8. The van der Waals surface area contributed by atoms with Gasteiger partial charge in [0.05, 0.1) is 62.0 Å². The van der Waals surface area contributed by atoms with E-state index in [1.807, 2.05) is 12.1 Å². The molecule has 330 valence electrons. The highest BCUT2D eigenvalue weighted by molar-refractivity contribution is 6.43. The number of nitrogens with two attached hydrogens (primary N) is 2. The van der Waals surface area contributed by atoms with E-state index in [4.69, 9.17) is 107 Å². The number of non-ortho nitro benzene ring substituents is 4. The third-order valence-electron chi connectivity index (χ3n) is 7.46. The van der Waals surface area contributed by atoms with Crippen LogP contribution < -0.4 is 20.9 Å². The maximum Gasteiger partial charge on any atom is 0.276 e. The molecule has 0 heterocycles. The summed E-state index contributed by atoms with van der Waals surface area (Å²) in [6.07, 6.45) is 0. The standard InChI is InChI=1S/C13H8Cl2N2O5.C13H12Cl2N2O.C7H5ClN2O4.C6H4Cl2O/c14-12-2-1-11(6-13(12)15)22-7-8-3-9(16(18)19)5-10(4-8)17(20)21;14-12-2-1-11(6-13(12)15)18-7-8-3-9(16)5-10(17)4-8;8-4-5-1-6(9(11)12)3-7(2-5)10(13)14;7-5-2-1-4(9)3-6(5)8/h1-6H,7H2;1-6H,7,16-17H2;1-3H,4H2;1-3,9H. The van der Waals surface area contributed by atoms with Gasteiger partial charge in [-0.2, -0.15) is 0 Å². The van der Waals surface area contributed by atoms with Crippen molar-refractivity contribution in [2.45, 2.75) is 19.1 Å². The molecule has 0 saturated carbocycles. The summed E-state index contributed by atoms with van der Waals surface area (Å²) in [7, 11) is 0. The van der Waals surface area contributed by atoms with E-state index in [0.29, 0.717) is 70.7 Å². The average molecular weight is 1010 g/mol. The number of phenols is 1. The molecule has 0 amide bonds. The molecule has 17 nitrogen and oxygen atoms in total. The van der Waals surface area contributed by atoms with Crippen molar-refractivity contribution in [2.75, 3.05) is 11.5 Å². The van der Waals surface area contributed by atoms with Crippen molar-refractivity contribution in [3.05, 3.63) is 196 Å². The van der Waals surface area contributed by atoms with Gasteiger partial charge in [-0.3, -0.25) is 40.5 Å². The fraction of sp³-hybridized carbons (Fsp3) is 0.0769. The SMILES string of the molecule is Nc1cc(N)cc(COc2ccc(Cl)c(Cl)c2)c1.O=[N+]([O-])c1cc(CCl)cc([N+](=O)[O-])c1.O=[N+]([O-])c1cc(COc2ccc(Cl)c(Cl)c2)cc([N+](=O)[O-])c1.Oc1ccc(Cl)c(Cl)c1. The number of nitro benzene ring substituents is 4. The minimum Gasteiger partial charge on any atom is -0.508 e. The van der Waals surface area contributed by atoms with E-state index in [1.165, 1.54) is 48.5 Å². The summed E-state index contributed by atoms with van der Waals surface area (Å²) in [6, 6.07) is 26.1. The van der Waals surface area contributed by atoms with Gasteiger partial charge in [-0.25, -0.2) is 0 Å². The summed E-state index contributed by atoms with van der Waals surface area (Å²) in [5.41, 5.74) is 12.8. The number of ether oxygens (including phenoxy) is 2. The van der Waals surface area contributed by atoms with Crippen molar-refractivity contribution in [2.24, 2.45) is 0 Å². The number of nitrogens with zero attached hydrogens (tertiary/aromatic N) is 4. The first-order valence-electron chi connectivity index (χ1n) is 17.0. The highest BCUT2D eigenvalue weighted by atomic mass is 35.5. The molecule has 0 aliphatic rings. The molecule has 6 aromatic carbocycles. The van der Waals surface area contributed by atoms with Gasteiger partial charge < -0.3 is 26.0 Å². The van der Waals surface area contributed by atoms with Gasteiger partial charge in [-0.1, -0.05) is 69.6 Å². The molecule has 0 aliphatic carbocycles. The average Bonchev–Trinajstić information content (AvgIpc) is 3.23. The van der Waals surface area contributed by atoms with E-state index in [0.717, 1.165) is 17.7 Å². The Kier molecular flexibility index (Phi) is 20.0. The van der Waals surface area contributed by atoms with Gasteiger partial charge in [-0.15, -0.1) is 11.6 Å². The molecule has 6 aromatic rings. The fourth-order valence-electron chi connectivity index (χ4n) is 4.68. The summed E-state index contributed by atoms with van der Waals surface area (Å²) >= 11 is 39.8. The molecule has 0 fully saturated rings. The normalized spacial score (nSPS) is 10.1. The molecule has 0 spiro atoms. The molecule has 5 N–H and O–H groups in total. The van der Waals surface area contributed by atoms with Crippen LogP contribution in [0.4, 0.5) is 34.1 Å². The molecule has 0 aromatic heterocycles. The number of aromatic hydroxyl groups is 1. The van der Waals surface area contributed by atoms with Gasteiger partial charge in [0.2, 0.25) is 0 Å². The zero-order valence-corrected chi connectivity index (χ0v) is 36.9. The van der Waals surface area contributed by atoms with E-state index in [-0.39, 0.29) is 41.0 Å². The van der Waals surface area contributed by atoms with Crippen molar-refractivity contribution >= 4 is 115 Å². The molecule has 0 radical (unpaired) electrons. The van der Waals surface area contributed by atoms with Crippen molar-refractivity contribution in [1.82, 2.24) is 0 Å². The fourth-order valence-corrected chi connectivity index (χ4v) is 5.70. The Labute approximate surface area is 391 Å². The topological polar surface area (TPSA) is 263 Å². The highest BCUT2D eigenvalue weighted by Gasteiger charge is 2.17. The van der Waals surface area contributed by atoms with Crippen molar-refractivity contribution in [3.63, 3.8) is 0 Å². The van der Waals surface area contributed by atoms with Crippen LogP contribution in [0.15, 0.2) is 109 Å². The Morgan fingerprint density at radius 3 is 1.10 bits per heavy atom. The number of rotatable bonds is 11. The van der Waals surface area contributed by atoms with Crippen LogP contribution in [-0.4, -0.2) is 24.8 Å². The van der Waals surface area contributed by atoms with Crippen LogP contribution in [0, 0.1) is 40.5 Å². The number of phenolic OH excluding ortho intramolecular Hbond substituents is 1. The quantitative estimate of drug-likeness (QED) is 0.0472. The predicted molar refractivity (Wildman–Crippen MR) is 244 cm³/mol. The molecular formula is C39H29Cl7N6O11. The summed E-state index contributed by atoms with van der Waals surface area (Å²) in [5, 5.41) is 53.6. The second-order valence-electron chi connectivity index (χ2n) is 12.2. The summed E-state index contributed by atoms with van der Waals surface area (Å²) in [4.78, 5) is 39.6. The first kappa shape index (κ1) is 51.3. The lowest BCUT2D eigenvalue weighted by atomic mass is 10.2. The monoisotopic (exact) mass is 1000 g/mol. The lowest BCUT2D eigenvalue weighted by Crippen LogP contribution is -1.99. The van der Waals surface area contributed by atoms with Gasteiger partial charge in [0, 0.05) is 59.2 Å². The first-order chi connectivity index (χ1) is 29.6. The van der Waals surface area contributed by atoms with E-state index in [2.05, 4.69) is 0 Å². The smallest absolute Gasteiger partial charge is 0.276 e. The molecule has 0 unspecified atom stereocenters. The summed E-state index contributed by atoms with van der Waals surface area (Å²) in [5.74, 6) is 1.17. The Hall–Kier alpha value is -6.05. The van der Waals surface area contributed by atoms with Gasteiger partial charge in [-0.05, 0) is 71.8 Å². The van der Waals surface area contributed by atoms with E-state index in [1.54, 1.807) is 36.4 Å². The number of nitro groups is 4. The van der Waals surface area contributed by atoms with Gasteiger partial charge in [0.15, 0.2) is 0 Å². The van der Waals surface area contributed by atoms with E-state index in [9.17, 15) is 40.5 Å². The predicted octanol–water partition coefficient (Wildman–Crippen LogP) is 13.1. The maximum absolute atomic E-state index is 10.8. The van der Waals surface area contributed by atoms with Crippen molar-refractivity contribution in [3.8, 4) is 17.2 Å². The van der Waals surface area contributed by atoms with Crippen LogP contribution in [0.2, 0.25) is 30.1 Å². The lowest BCUT2D eigenvalue weighted by Gasteiger charge is -2.08. The number of hydrogen-bond donors (Lipinski definition) is 3. The second kappa shape index (κ2) is 24.6. The Morgan fingerprint density at radius 1 is 0.444 bits per heavy atom. The number of hydrogen-bond acceptors (Lipinski definition) is 13. The number of alkyl halides is 1. The van der Waals surface area contributed by atoms with Gasteiger partial charge in [0.25, 0.3) is 22.7 Å². The molecule has 0 aliphatic heterocycles. The van der Waals surface area contributed by atoms with Crippen molar-refractivity contribution < 1.29 is 34.3 Å². The third kappa shape index (κ3) is 17.3. The molecule has 24 heteroatoms. The minimum atomic E-state index is -0.699. The van der Waals surface area contributed by atoms with E-state index < -0.39 is 19.7 Å². The molecule has 6 rings (SSSR count). The van der Waals surface area contributed by atoms with Crippen LogP contribution in [0.5, 0.6) is 17.2 Å². The zero-order chi connectivity index (χ0) is 47.0. The molecule has 63 heavy (non-hydrogen) atoms. The second-order valence-corrected chi connectivity index (χ2v) is 14.9. The van der Waals surface area contributed by atoms with Crippen LogP contribution in [0.25, 0.3) is 0 Å². The Bertz CT molecular complexity index is 2540. The van der Waals surface area contributed by atoms with Crippen LogP contribution in [0.1, 0.15) is 16.7 Å². The molecule has 0 bridgehead atoms. The third-order valence-corrected chi connectivity index (χ3v) is 9.98. The Morgan fingerprint density at radius 2 is 0.778 bits per heavy atom. The highest BCUT2D eigenvalue weighted by Crippen LogP contribution is 2.30.